The molecule has 0 radical (unpaired) electrons. The molecule has 0 aliphatic carbocycles. The average Bonchev–Trinajstić information content (AvgIpc) is 3.05. The van der Waals surface area contributed by atoms with Crippen molar-refractivity contribution in [3.8, 4) is 0 Å². The first kappa shape index (κ1) is 24.2. The van der Waals surface area contributed by atoms with Gasteiger partial charge < -0.3 is 15.3 Å². The zero-order valence-electron chi connectivity index (χ0n) is 18.8. The number of hydrogen-bond donors (Lipinski definition) is 2. The normalized spacial score (nSPS) is 16.2. The number of sulfonamides is 1. The number of hydrogen-bond acceptors (Lipinski definition) is 5. The van der Waals surface area contributed by atoms with Crippen molar-refractivity contribution in [2.45, 2.75) is 50.5 Å². The second-order valence-corrected chi connectivity index (χ2v) is 10.3. The highest BCUT2D eigenvalue weighted by atomic mass is 32.2. The summed E-state index contributed by atoms with van der Waals surface area (Å²) in [5.41, 5.74) is 1.93. The van der Waals surface area contributed by atoms with Gasteiger partial charge in [0.2, 0.25) is 15.9 Å². The Morgan fingerprint density at radius 2 is 1.75 bits per heavy atom. The van der Waals surface area contributed by atoms with Crippen LogP contribution in [0, 0.1) is 6.92 Å². The summed E-state index contributed by atoms with van der Waals surface area (Å²) in [4.78, 5) is 14.8. The maximum atomic E-state index is 13.3. The molecule has 2 aromatic rings. The molecule has 2 aromatic carbocycles. The van der Waals surface area contributed by atoms with E-state index in [1.807, 2.05) is 30.3 Å². The van der Waals surface area contributed by atoms with Crippen molar-refractivity contribution < 1.29 is 18.3 Å². The number of carbonyl (C=O) groups is 1. The van der Waals surface area contributed by atoms with Crippen LogP contribution in [-0.4, -0.2) is 56.0 Å². The summed E-state index contributed by atoms with van der Waals surface area (Å²) < 4.78 is 28.1. The fourth-order valence-electron chi connectivity index (χ4n) is 3.97. The van der Waals surface area contributed by atoms with Gasteiger partial charge in [0.1, 0.15) is 0 Å². The summed E-state index contributed by atoms with van der Waals surface area (Å²) in [6.45, 7) is 4.86. The van der Waals surface area contributed by atoms with E-state index in [-0.39, 0.29) is 17.3 Å². The molecule has 1 aliphatic heterocycles. The lowest BCUT2D eigenvalue weighted by atomic mass is 10.2. The first-order valence-electron chi connectivity index (χ1n) is 11.2. The third-order valence-corrected chi connectivity index (χ3v) is 7.64. The van der Waals surface area contributed by atoms with Gasteiger partial charge in [-0.1, -0.05) is 37.1 Å². The topological polar surface area (TPSA) is 90.0 Å². The molecule has 2 N–H and O–H groups in total. The van der Waals surface area contributed by atoms with Gasteiger partial charge in [-0.15, -0.1) is 0 Å². The lowest BCUT2D eigenvalue weighted by Crippen LogP contribution is -2.37. The largest absolute Gasteiger partial charge is 0.392 e. The fourth-order valence-corrected chi connectivity index (χ4v) is 5.74. The number of nitrogens with zero attached hydrogens (tertiary/aromatic N) is 2. The zero-order chi connectivity index (χ0) is 23.1. The third kappa shape index (κ3) is 6.31. The monoisotopic (exact) mass is 459 g/mol. The van der Waals surface area contributed by atoms with Crippen molar-refractivity contribution >= 4 is 27.3 Å². The van der Waals surface area contributed by atoms with Gasteiger partial charge in [-0.3, -0.25) is 4.79 Å². The van der Waals surface area contributed by atoms with Crippen LogP contribution >= 0.6 is 0 Å². The highest BCUT2D eigenvalue weighted by molar-refractivity contribution is 7.89. The van der Waals surface area contributed by atoms with E-state index in [2.05, 4.69) is 5.32 Å². The number of nitrogens with one attached hydrogen (secondary N) is 1. The molecule has 0 bridgehead atoms. The van der Waals surface area contributed by atoms with Gasteiger partial charge in [0.15, 0.2) is 0 Å². The van der Waals surface area contributed by atoms with E-state index in [0.717, 1.165) is 31.4 Å². The Kier molecular flexibility index (Phi) is 8.28. The molecule has 1 fully saturated rings. The highest BCUT2D eigenvalue weighted by Gasteiger charge is 2.27. The van der Waals surface area contributed by atoms with E-state index in [0.29, 0.717) is 30.9 Å². The van der Waals surface area contributed by atoms with Crippen LogP contribution in [0.25, 0.3) is 0 Å². The van der Waals surface area contributed by atoms with E-state index in [9.17, 15) is 18.3 Å². The summed E-state index contributed by atoms with van der Waals surface area (Å²) in [5.74, 6) is -0.281. The number of para-hydroxylation sites is 1. The second kappa shape index (κ2) is 10.9. The summed E-state index contributed by atoms with van der Waals surface area (Å²) in [7, 11) is -3.62. The Hall–Kier alpha value is -2.42. The summed E-state index contributed by atoms with van der Waals surface area (Å²) in [6, 6.07) is 14.4. The Balaban J connectivity index is 1.76. The molecule has 0 aromatic heterocycles. The molecule has 0 saturated carbocycles. The maximum Gasteiger partial charge on any atom is 0.243 e. The van der Waals surface area contributed by atoms with Crippen LogP contribution in [0.5, 0.6) is 0 Å². The third-order valence-electron chi connectivity index (χ3n) is 5.60. The maximum absolute atomic E-state index is 13.3. The van der Waals surface area contributed by atoms with Crippen molar-refractivity contribution in [2.24, 2.45) is 0 Å². The summed E-state index contributed by atoms with van der Waals surface area (Å²) >= 11 is 0. The lowest BCUT2D eigenvalue weighted by Gasteiger charge is -2.25. The van der Waals surface area contributed by atoms with Gasteiger partial charge in [0.25, 0.3) is 0 Å². The fraction of sp³-hybridized carbons (Fsp3) is 0.458. The molecule has 1 unspecified atom stereocenters. The number of aliphatic hydroxyl groups is 1. The first-order valence-corrected chi connectivity index (χ1v) is 12.6. The molecule has 1 aliphatic rings. The molecule has 3 rings (SSSR count). The van der Waals surface area contributed by atoms with Crippen molar-refractivity contribution in [1.29, 1.82) is 0 Å². The van der Waals surface area contributed by atoms with Crippen molar-refractivity contribution in [2.75, 3.05) is 36.4 Å². The van der Waals surface area contributed by atoms with Crippen LogP contribution in [0.3, 0.4) is 0 Å². The number of rotatable bonds is 8. The molecule has 174 valence electrons. The van der Waals surface area contributed by atoms with Gasteiger partial charge >= 0.3 is 0 Å². The van der Waals surface area contributed by atoms with Crippen LogP contribution in [0.1, 0.15) is 38.2 Å². The molecule has 1 amide bonds. The van der Waals surface area contributed by atoms with E-state index < -0.39 is 16.1 Å². The minimum Gasteiger partial charge on any atom is -0.392 e. The SMILES string of the molecule is Cc1ccc(NC(=O)CN(CC(C)O)c2ccccc2)cc1S(=O)(=O)N1CCCCCC1. The first-order chi connectivity index (χ1) is 15.3. The zero-order valence-corrected chi connectivity index (χ0v) is 19.6. The van der Waals surface area contributed by atoms with E-state index in [1.165, 1.54) is 0 Å². The molecular formula is C24H33N3O4S. The predicted molar refractivity (Wildman–Crippen MR) is 127 cm³/mol. The van der Waals surface area contributed by atoms with Crippen molar-refractivity contribution in [3.63, 3.8) is 0 Å². The smallest absolute Gasteiger partial charge is 0.243 e. The minimum atomic E-state index is -3.62. The molecule has 7 nitrogen and oxygen atoms in total. The van der Waals surface area contributed by atoms with Gasteiger partial charge in [-0.2, -0.15) is 4.31 Å². The predicted octanol–water partition coefficient (Wildman–Crippen LogP) is 3.39. The number of amides is 1. The molecule has 1 heterocycles. The number of benzene rings is 2. The molecule has 1 saturated heterocycles. The molecule has 32 heavy (non-hydrogen) atoms. The number of aliphatic hydroxyl groups excluding tert-OH is 1. The molecule has 8 heteroatoms. The standard InChI is InChI=1S/C24H33N3O4S/c1-19-12-13-21(16-23(19)32(30,31)27-14-8-3-4-9-15-27)25-24(29)18-26(17-20(2)28)22-10-6-5-7-11-22/h5-7,10-13,16,20,28H,3-4,8-9,14-15,17-18H2,1-2H3,(H,25,29). The Morgan fingerprint density at radius 1 is 1.09 bits per heavy atom. The van der Waals surface area contributed by atoms with Crippen LogP contribution < -0.4 is 10.2 Å². The van der Waals surface area contributed by atoms with E-state index in [4.69, 9.17) is 0 Å². The Bertz CT molecular complexity index is 1000. The summed E-state index contributed by atoms with van der Waals surface area (Å²) in [6.07, 6.45) is 3.23. The van der Waals surface area contributed by atoms with Crippen molar-refractivity contribution in [3.05, 3.63) is 54.1 Å². The van der Waals surface area contributed by atoms with Gasteiger partial charge in [0.05, 0.1) is 17.5 Å². The average molecular weight is 460 g/mol. The second-order valence-electron chi connectivity index (χ2n) is 8.41. The van der Waals surface area contributed by atoms with Gasteiger partial charge in [-0.05, 0) is 56.5 Å². The number of carbonyl (C=O) groups excluding carboxylic acids is 1. The molecule has 0 spiro atoms. The van der Waals surface area contributed by atoms with Gasteiger partial charge in [-0.25, -0.2) is 8.42 Å². The van der Waals surface area contributed by atoms with Crippen LogP contribution in [0.15, 0.2) is 53.4 Å². The Morgan fingerprint density at radius 3 is 2.38 bits per heavy atom. The van der Waals surface area contributed by atoms with E-state index >= 15 is 0 Å². The minimum absolute atomic E-state index is 0.0387. The molecule has 1 atom stereocenters. The lowest BCUT2D eigenvalue weighted by molar-refractivity contribution is -0.115. The molecular weight excluding hydrogens is 426 g/mol. The Labute approximate surface area is 191 Å². The van der Waals surface area contributed by atoms with Crippen LogP contribution in [0.2, 0.25) is 0 Å². The summed E-state index contributed by atoms with van der Waals surface area (Å²) in [5, 5.41) is 12.7. The van der Waals surface area contributed by atoms with E-state index in [1.54, 1.807) is 41.3 Å². The quantitative estimate of drug-likeness (QED) is 0.632. The number of anilines is 2. The number of aryl methyl sites for hydroxylation is 1. The van der Waals surface area contributed by atoms with Crippen LogP contribution in [0.4, 0.5) is 11.4 Å². The highest BCUT2D eigenvalue weighted by Crippen LogP contribution is 2.26. The van der Waals surface area contributed by atoms with Gasteiger partial charge in [0, 0.05) is 31.0 Å². The van der Waals surface area contributed by atoms with Crippen LogP contribution in [-0.2, 0) is 14.8 Å². The van der Waals surface area contributed by atoms with Crippen molar-refractivity contribution in [1.82, 2.24) is 4.31 Å².